The molecule has 0 aromatic heterocycles. The molecule has 102 valence electrons. The van der Waals surface area contributed by atoms with Gasteiger partial charge in [-0.1, -0.05) is 37.3 Å². The van der Waals surface area contributed by atoms with Gasteiger partial charge in [0.15, 0.2) is 0 Å². The molecule has 0 bridgehead atoms. The first-order chi connectivity index (χ1) is 9.02. The lowest BCUT2D eigenvalue weighted by molar-refractivity contribution is -0.131. The SMILES string of the molecule is CNC(=O)/C(=C\C(=O)O)CC(C)Cc1ccccc1. The summed E-state index contributed by atoms with van der Waals surface area (Å²) in [6.45, 7) is 2.01. The smallest absolute Gasteiger partial charge is 0.328 e. The Bertz CT molecular complexity index is 466. The summed E-state index contributed by atoms with van der Waals surface area (Å²) < 4.78 is 0. The lowest BCUT2D eigenvalue weighted by atomic mass is 9.93. The second-order valence-corrected chi connectivity index (χ2v) is 4.59. The van der Waals surface area contributed by atoms with Crippen LogP contribution >= 0.6 is 0 Å². The van der Waals surface area contributed by atoms with Crippen LogP contribution in [0.4, 0.5) is 0 Å². The van der Waals surface area contributed by atoms with Crippen LogP contribution in [-0.4, -0.2) is 24.0 Å². The number of carboxylic acids is 1. The maximum Gasteiger partial charge on any atom is 0.328 e. The third-order valence-electron chi connectivity index (χ3n) is 2.81. The van der Waals surface area contributed by atoms with Gasteiger partial charge in [0, 0.05) is 18.7 Å². The van der Waals surface area contributed by atoms with Crippen molar-refractivity contribution in [1.82, 2.24) is 5.32 Å². The Labute approximate surface area is 113 Å². The zero-order valence-electron chi connectivity index (χ0n) is 11.2. The molecule has 1 rings (SSSR count). The summed E-state index contributed by atoms with van der Waals surface area (Å²) in [5.74, 6) is -1.22. The molecule has 4 nitrogen and oxygen atoms in total. The van der Waals surface area contributed by atoms with E-state index in [1.165, 1.54) is 12.6 Å². The van der Waals surface area contributed by atoms with E-state index in [0.717, 1.165) is 12.5 Å². The first-order valence-electron chi connectivity index (χ1n) is 6.22. The van der Waals surface area contributed by atoms with Crippen LogP contribution in [-0.2, 0) is 16.0 Å². The number of carbonyl (C=O) groups is 2. The van der Waals surface area contributed by atoms with Gasteiger partial charge in [0.25, 0.3) is 0 Å². The number of rotatable bonds is 6. The monoisotopic (exact) mass is 261 g/mol. The van der Waals surface area contributed by atoms with Crippen LogP contribution < -0.4 is 5.32 Å². The quantitative estimate of drug-likeness (QED) is 0.770. The predicted octanol–water partition coefficient (Wildman–Crippen LogP) is 2.01. The van der Waals surface area contributed by atoms with E-state index in [1.54, 1.807) is 0 Å². The molecule has 0 saturated carbocycles. The molecule has 1 aromatic rings. The molecule has 2 N–H and O–H groups in total. The maximum absolute atomic E-state index is 11.6. The van der Waals surface area contributed by atoms with E-state index in [0.29, 0.717) is 12.0 Å². The lowest BCUT2D eigenvalue weighted by Crippen LogP contribution is -2.22. The van der Waals surface area contributed by atoms with Crippen molar-refractivity contribution in [2.75, 3.05) is 7.05 Å². The minimum Gasteiger partial charge on any atom is -0.478 e. The van der Waals surface area contributed by atoms with Crippen molar-refractivity contribution in [1.29, 1.82) is 0 Å². The molecule has 1 unspecified atom stereocenters. The van der Waals surface area contributed by atoms with Crippen molar-refractivity contribution in [3.8, 4) is 0 Å². The fourth-order valence-electron chi connectivity index (χ4n) is 1.99. The van der Waals surface area contributed by atoms with Gasteiger partial charge in [-0.3, -0.25) is 4.79 Å². The van der Waals surface area contributed by atoms with Gasteiger partial charge in [-0.05, 0) is 24.3 Å². The summed E-state index contributed by atoms with van der Waals surface area (Å²) in [6.07, 6.45) is 2.25. The van der Waals surface area contributed by atoms with Gasteiger partial charge in [-0.25, -0.2) is 4.79 Å². The van der Waals surface area contributed by atoms with E-state index in [4.69, 9.17) is 5.11 Å². The molecule has 0 aliphatic heterocycles. The number of likely N-dealkylation sites (N-methyl/N-ethyl adjacent to an activating group) is 1. The Morgan fingerprint density at radius 2 is 1.95 bits per heavy atom. The second kappa shape index (κ2) is 7.36. The number of amides is 1. The van der Waals surface area contributed by atoms with E-state index < -0.39 is 5.97 Å². The van der Waals surface area contributed by atoms with Gasteiger partial charge in [0.2, 0.25) is 5.91 Å². The third-order valence-corrected chi connectivity index (χ3v) is 2.81. The molecule has 19 heavy (non-hydrogen) atoms. The summed E-state index contributed by atoms with van der Waals surface area (Å²) in [6, 6.07) is 9.94. The third kappa shape index (κ3) is 5.38. The van der Waals surface area contributed by atoms with Crippen LogP contribution in [0, 0.1) is 5.92 Å². The van der Waals surface area contributed by atoms with Crippen molar-refractivity contribution in [3.63, 3.8) is 0 Å². The van der Waals surface area contributed by atoms with Crippen LogP contribution in [0.3, 0.4) is 0 Å². The predicted molar refractivity (Wildman–Crippen MR) is 73.7 cm³/mol. The molecule has 0 aliphatic rings. The summed E-state index contributed by atoms with van der Waals surface area (Å²) in [5.41, 5.74) is 1.49. The molecular weight excluding hydrogens is 242 g/mol. The van der Waals surface area contributed by atoms with E-state index in [2.05, 4.69) is 5.32 Å². The average Bonchev–Trinajstić information content (AvgIpc) is 2.37. The topological polar surface area (TPSA) is 66.4 Å². The molecule has 0 aliphatic carbocycles. The molecule has 0 fully saturated rings. The number of nitrogens with one attached hydrogen (secondary N) is 1. The van der Waals surface area contributed by atoms with Crippen molar-refractivity contribution in [3.05, 3.63) is 47.5 Å². The lowest BCUT2D eigenvalue weighted by Gasteiger charge is -2.13. The Hall–Kier alpha value is -2.10. The number of carbonyl (C=O) groups excluding carboxylic acids is 1. The van der Waals surface area contributed by atoms with E-state index >= 15 is 0 Å². The Kier molecular flexibility index (Phi) is 5.79. The van der Waals surface area contributed by atoms with Crippen molar-refractivity contribution >= 4 is 11.9 Å². The highest BCUT2D eigenvalue weighted by molar-refractivity contribution is 5.98. The number of hydrogen-bond acceptors (Lipinski definition) is 2. The van der Waals surface area contributed by atoms with Crippen molar-refractivity contribution < 1.29 is 14.7 Å². The first kappa shape index (κ1) is 15.0. The number of benzene rings is 1. The summed E-state index contributed by atoms with van der Waals surface area (Å²) >= 11 is 0. The Morgan fingerprint density at radius 3 is 2.47 bits per heavy atom. The van der Waals surface area contributed by atoms with Crippen molar-refractivity contribution in [2.45, 2.75) is 19.8 Å². The van der Waals surface area contributed by atoms with Crippen LogP contribution in [0.2, 0.25) is 0 Å². The van der Waals surface area contributed by atoms with Crippen LogP contribution in [0.25, 0.3) is 0 Å². The van der Waals surface area contributed by atoms with Crippen LogP contribution in [0.1, 0.15) is 18.9 Å². The van der Waals surface area contributed by atoms with Crippen molar-refractivity contribution in [2.24, 2.45) is 5.92 Å². The summed E-state index contributed by atoms with van der Waals surface area (Å²) in [7, 11) is 1.50. The van der Waals surface area contributed by atoms with E-state index in [-0.39, 0.29) is 11.8 Å². The fourth-order valence-corrected chi connectivity index (χ4v) is 1.99. The molecule has 0 heterocycles. The molecule has 1 atom stereocenters. The molecule has 1 amide bonds. The van der Waals surface area contributed by atoms with E-state index in [9.17, 15) is 9.59 Å². The minimum atomic E-state index is -1.09. The van der Waals surface area contributed by atoms with Gasteiger partial charge >= 0.3 is 5.97 Å². The fraction of sp³-hybridized carbons (Fsp3) is 0.333. The minimum absolute atomic E-state index is 0.199. The zero-order chi connectivity index (χ0) is 14.3. The van der Waals surface area contributed by atoms with E-state index in [1.807, 2.05) is 37.3 Å². The number of carboxylic acid groups (broad SMARTS) is 1. The molecule has 4 heteroatoms. The Morgan fingerprint density at radius 1 is 1.32 bits per heavy atom. The van der Waals surface area contributed by atoms with Gasteiger partial charge < -0.3 is 10.4 Å². The molecular formula is C15H19NO3. The van der Waals surface area contributed by atoms with Gasteiger partial charge in [-0.15, -0.1) is 0 Å². The molecule has 0 radical (unpaired) electrons. The van der Waals surface area contributed by atoms with Crippen LogP contribution in [0.15, 0.2) is 42.0 Å². The summed E-state index contributed by atoms with van der Waals surface area (Å²) in [4.78, 5) is 22.3. The normalized spacial score (nSPS) is 12.8. The second-order valence-electron chi connectivity index (χ2n) is 4.59. The standard InChI is InChI=1S/C15H19NO3/c1-11(8-12-6-4-3-5-7-12)9-13(10-14(17)18)15(19)16-2/h3-7,10-11H,8-9H2,1-2H3,(H,16,19)(H,17,18)/b13-10-. The summed E-state index contributed by atoms with van der Waals surface area (Å²) in [5, 5.41) is 11.2. The molecule has 1 aromatic carbocycles. The largest absolute Gasteiger partial charge is 0.478 e. The average molecular weight is 261 g/mol. The number of hydrogen-bond donors (Lipinski definition) is 2. The number of aliphatic carboxylic acids is 1. The Balaban J connectivity index is 2.69. The highest BCUT2D eigenvalue weighted by Crippen LogP contribution is 2.17. The van der Waals surface area contributed by atoms with Gasteiger partial charge in [-0.2, -0.15) is 0 Å². The zero-order valence-corrected chi connectivity index (χ0v) is 11.2. The highest BCUT2D eigenvalue weighted by Gasteiger charge is 2.14. The van der Waals surface area contributed by atoms with Gasteiger partial charge in [0.05, 0.1) is 0 Å². The van der Waals surface area contributed by atoms with Crippen LogP contribution in [0.5, 0.6) is 0 Å². The maximum atomic E-state index is 11.6. The highest BCUT2D eigenvalue weighted by atomic mass is 16.4. The first-order valence-corrected chi connectivity index (χ1v) is 6.22. The van der Waals surface area contributed by atoms with Gasteiger partial charge in [0.1, 0.15) is 0 Å². The molecule has 0 saturated heterocycles. The molecule has 0 spiro atoms.